The molecule has 0 unspecified atom stereocenters. The molecule has 4 nitrogen and oxygen atoms in total. The van der Waals surface area contributed by atoms with Crippen LogP contribution in [0.1, 0.15) is 11.1 Å². The molecule has 0 saturated heterocycles. The normalized spacial score (nSPS) is 10.3. The van der Waals surface area contributed by atoms with Crippen molar-refractivity contribution in [1.82, 2.24) is 0 Å². The van der Waals surface area contributed by atoms with E-state index in [2.05, 4.69) is 5.32 Å². The van der Waals surface area contributed by atoms with Gasteiger partial charge in [0.15, 0.2) is 11.6 Å². The highest BCUT2D eigenvalue weighted by Crippen LogP contribution is 2.35. The molecule has 3 aromatic carbocycles. The van der Waals surface area contributed by atoms with E-state index in [1.54, 1.807) is 24.3 Å². The molecular weight excluding hydrogens is 438 g/mol. The third-order valence-electron chi connectivity index (χ3n) is 3.85. The summed E-state index contributed by atoms with van der Waals surface area (Å²) in [5.41, 5.74) is 0.753. The summed E-state index contributed by atoms with van der Waals surface area (Å²) in [6, 6.07) is 15.7. The quantitative estimate of drug-likeness (QED) is 0.475. The van der Waals surface area contributed by atoms with Crippen LogP contribution < -0.4 is 10.1 Å². The first-order chi connectivity index (χ1) is 13.9. The molecular formula is C21H12Cl3FN2O2. The van der Waals surface area contributed by atoms with Crippen molar-refractivity contribution in [1.29, 1.82) is 5.26 Å². The van der Waals surface area contributed by atoms with Crippen molar-refractivity contribution in [2.45, 2.75) is 6.42 Å². The number of para-hydroxylation sites is 1. The molecule has 8 heteroatoms. The van der Waals surface area contributed by atoms with Crippen LogP contribution in [0.15, 0.2) is 54.6 Å². The number of hydrogen-bond donors (Lipinski definition) is 1. The predicted octanol–water partition coefficient (Wildman–Crippen LogP) is 6.63. The van der Waals surface area contributed by atoms with Crippen molar-refractivity contribution in [3.05, 3.63) is 86.6 Å². The van der Waals surface area contributed by atoms with Crippen molar-refractivity contribution >= 4 is 46.4 Å². The number of anilines is 1. The van der Waals surface area contributed by atoms with Crippen molar-refractivity contribution in [2.24, 2.45) is 0 Å². The zero-order valence-corrected chi connectivity index (χ0v) is 16.9. The Balaban J connectivity index is 1.84. The molecule has 0 aromatic heterocycles. The molecule has 0 bridgehead atoms. The zero-order valence-electron chi connectivity index (χ0n) is 14.7. The largest absolute Gasteiger partial charge is 0.453 e. The monoisotopic (exact) mass is 448 g/mol. The number of benzene rings is 3. The molecule has 0 fully saturated rings. The maximum Gasteiger partial charge on any atom is 0.228 e. The Labute approximate surface area is 181 Å². The molecule has 146 valence electrons. The van der Waals surface area contributed by atoms with Crippen LogP contribution in [0.4, 0.5) is 10.1 Å². The van der Waals surface area contributed by atoms with Gasteiger partial charge in [0.2, 0.25) is 5.91 Å². The topological polar surface area (TPSA) is 62.1 Å². The van der Waals surface area contributed by atoms with Crippen LogP contribution in [0.25, 0.3) is 0 Å². The molecule has 0 heterocycles. The lowest BCUT2D eigenvalue weighted by Crippen LogP contribution is -2.15. The van der Waals surface area contributed by atoms with E-state index in [0.29, 0.717) is 10.7 Å². The lowest BCUT2D eigenvalue weighted by Gasteiger charge is -2.13. The number of carbonyl (C=O) groups excluding carboxylic acids is 1. The summed E-state index contributed by atoms with van der Waals surface area (Å²) in [6.07, 6.45) is -0.260. The number of carbonyl (C=O) groups is 1. The van der Waals surface area contributed by atoms with Crippen LogP contribution in [0.5, 0.6) is 11.5 Å². The smallest absolute Gasteiger partial charge is 0.228 e. The van der Waals surface area contributed by atoms with Gasteiger partial charge in [-0.15, -0.1) is 0 Å². The fourth-order valence-electron chi connectivity index (χ4n) is 2.54. The maximum absolute atomic E-state index is 15.0. The van der Waals surface area contributed by atoms with E-state index < -0.39 is 11.7 Å². The number of rotatable bonds is 5. The van der Waals surface area contributed by atoms with Crippen molar-refractivity contribution in [3.8, 4) is 17.6 Å². The second kappa shape index (κ2) is 9.15. The number of hydrogen-bond acceptors (Lipinski definition) is 3. The highest BCUT2D eigenvalue weighted by molar-refractivity contribution is 6.33. The first-order valence-corrected chi connectivity index (χ1v) is 9.40. The minimum Gasteiger partial charge on any atom is -0.453 e. The molecule has 29 heavy (non-hydrogen) atoms. The maximum atomic E-state index is 15.0. The van der Waals surface area contributed by atoms with Crippen LogP contribution in [-0.4, -0.2) is 5.91 Å². The first-order valence-electron chi connectivity index (χ1n) is 8.27. The van der Waals surface area contributed by atoms with E-state index in [0.717, 1.165) is 0 Å². The summed E-state index contributed by atoms with van der Waals surface area (Å²) in [5.74, 6) is -1.36. The summed E-state index contributed by atoms with van der Waals surface area (Å²) in [5, 5.41) is 12.3. The molecule has 3 aromatic rings. The fraction of sp³-hybridized carbons (Fsp3) is 0.0476. The Hall–Kier alpha value is -2.78. The predicted molar refractivity (Wildman–Crippen MR) is 111 cm³/mol. The Kier molecular flexibility index (Phi) is 6.60. The van der Waals surface area contributed by atoms with Crippen molar-refractivity contribution < 1.29 is 13.9 Å². The van der Waals surface area contributed by atoms with Crippen LogP contribution >= 0.6 is 34.8 Å². The standard InChI is InChI=1S/C21H12Cl3FN2O2/c22-14-7-12(11-26)8-15(10-14)29-21-17(24)6-5-13(20(21)25)9-19(28)27-18-4-2-1-3-16(18)23/h1-8,10H,9H2,(H,27,28). The lowest BCUT2D eigenvalue weighted by molar-refractivity contribution is -0.115. The Morgan fingerprint density at radius 2 is 1.83 bits per heavy atom. The number of halogens is 4. The lowest BCUT2D eigenvalue weighted by atomic mass is 10.1. The third kappa shape index (κ3) is 5.18. The van der Waals surface area contributed by atoms with Gasteiger partial charge in [0.1, 0.15) is 5.75 Å². The van der Waals surface area contributed by atoms with Gasteiger partial charge in [0.05, 0.1) is 33.8 Å². The molecule has 0 spiro atoms. The van der Waals surface area contributed by atoms with Gasteiger partial charge in [-0.05, 0) is 36.4 Å². The average Bonchev–Trinajstić information content (AvgIpc) is 2.68. The Morgan fingerprint density at radius 1 is 1.07 bits per heavy atom. The summed E-state index contributed by atoms with van der Waals surface area (Å²) in [6.45, 7) is 0. The number of amides is 1. The van der Waals surface area contributed by atoms with E-state index in [-0.39, 0.29) is 39.1 Å². The van der Waals surface area contributed by atoms with Crippen LogP contribution in [0.2, 0.25) is 15.1 Å². The molecule has 1 N–H and O–H groups in total. The van der Waals surface area contributed by atoms with E-state index in [4.69, 9.17) is 44.8 Å². The molecule has 3 rings (SSSR count). The van der Waals surface area contributed by atoms with Gasteiger partial charge in [-0.25, -0.2) is 4.39 Å². The minimum absolute atomic E-state index is 0.0104. The second-order valence-electron chi connectivity index (χ2n) is 5.94. The molecule has 0 radical (unpaired) electrons. The van der Waals surface area contributed by atoms with Gasteiger partial charge in [-0.1, -0.05) is 53.0 Å². The molecule has 0 aliphatic rings. The second-order valence-corrected chi connectivity index (χ2v) is 7.19. The number of nitriles is 1. The highest BCUT2D eigenvalue weighted by Gasteiger charge is 2.18. The molecule has 0 saturated carbocycles. The SMILES string of the molecule is N#Cc1cc(Cl)cc(Oc2c(Cl)ccc(CC(=O)Nc3ccccc3Cl)c2F)c1. The van der Waals surface area contributed by atoms with Gasteiger partial charge < -0.3 is 10.1 Å². The average molecular weight is 450 g/mol. The van der Waals surface area contributed by atoms with Gasteiger partial charge in [0, 0.05) is 10.6 Å². The zero-order chi connectivity index (χ0) is 21.0. The Bertz CT molecular complexity index is 1130. The molecule has 1 amide bonds. The van der Waals surface area contributed by atoms with Crippen LogP contribution in [-0.2, 0) is 11.2 Å². The van der Waals surface area contributed by atoms with E-state index in [1.165, 1.54) is 30.3 Å². The van der Waals surface area contributed by atoms with Crippen molar-refractivity contribution in [2.75, 3.05) is 5.32 Å². The van der Waals surface area contributed by atoms with E-state index in [9.17, 15) is 9.18 Å². The van der Waals surface area contributed by atoms with Gasteiger partial charge in [-0.3, -0.25) is 4.79 Å². The fourth-order valence-corrected chi connectivity index (χ4v) is 3.13. The number of ether oxygens (including phenoxy) is 1. The van der Waals surface area contributed by atoms with E-state index >= 15 is 0 Å². The van der Waals surface area contributed by atoms with Gasteiger partial charge >= 0.3 is 0 Å². The first kappa shape index (κ1) is 20.9. The minimum atomic E-state index is -0.787. The number of nitrogens with zero attached hydrogens (tertiary/aromatic N) is 1. The highest BCUT2D eigenvalue weighted by atomic mass is 35.5. The number of nitrogens with one attached hydrogen (secondary N) is 1. The summed E-state index contributed by atoms with van der Waals surface area (Å²) in [4.78, 5) is 12.3. The molecule has 0 aliphatic heterocycles. The summed E-state index contributed by atoms with van der Waals surface area (Å²) in [7, 11) is 0. The van der Waals surface area contributed by atoms with Crippen molar-refractivity contribution in [3.63, 3.8) is 0 Å². The molecule has 0 aliphatic carbocycles. The van der Waals surface area contributed by atoms with E-state index in [1.807, 2.05) is 6.07 Å². The van der Waals surface area contributed by atoms with Gasteiger partial charge in [0.25, 0.3) is 0 Å². The Morgan fingerprint density at radius 3 is 2.55 bits per heavy atom. The van der Waals surface area contributed by atoms with Crippen LogP contribution in [0.3, 0.4) is 0 Å². The van der Waals surface area contributed by atoms with Gasteiger partial charge in [-0.2, -0.15) is 5.26 Å². The third-order valence-corrected chi connectivity index (χ3v) is 4.69. The molecule has 0 atom stereocenters. The summed E-state index contributed by atoms with van der Waals surface area (Å²) < 4.78 is 20.5. The van der Waals surface area contributed by atoms with Crippen LogP contribution in [0, 0.1) is 17.1 Å². The summed E-state index contributed by atoms with van der Waals surface area (Å²) >= 11 is 18.0.